The van der Waals surface area contributed by atoms with Gasteiger partial charge in [-0.3, -0.25) is 10.1 Å². The van der Waals surface area contributed by atoms with Gasteiger partial charge in [-0.15, -0.1) is 0 Å². The van der Waals surface area contributed by atoms with Crippen LogP contribution in [0.2, 0.25) is 0 Å². The molecule has 0 spiro atoms. The molecule has 0 radical (unpaired) electrons. The van der Waals surface area contributed by atoms with E-state index in [0.29, 0.717) is 23.4 Å². The first kappa shape index (κ1) is 10.4. The van der Waals surface area contributed by atoms with E-state index in [4.69, 9.17) is 4.74 Å². The maximum atomic E-state index is 10.8. The van der Waals surface area contributed by atoms with Crippen molar-refractivity contribution in [3.8, 4) is 5.88 Å². The lowest BCUT2D eigenvalue weighted by Crippen LogP contribution is -1.95. The Balaban J connectivity index is 2.59. The molecule has 0 aliphatic carbocycles. The molecule has 0 N–H and O–H groups in total. The third-order valence-electron chi connectivity index (χ3n) is 2.17. The highest BCUT2D eigenvalue weighted by atomic mass is 16.6. The molecule has 1 aromatic carbocycles. The van der Waals surface area contributed by atoms with Crippen LogP contribution in [0.15, 0.2) is 30.3 Å². The minimum Gasteiger partial charge on any atom is -0.478 e. The summed E-state index contributed by atoms with van der Waals surface area (Å²) >= 11 is 0. The van der Waals surface area contributed by atoms with Crippen LogP contribution in [0.25, 0.3) is 10.9 Å². The molecule has 0 saturated carbocycles. The van der Waals surface area contributed by atoms with Crippen molar-refractivity contribution in [1.82, 2.24) is 4.98 Å². The maximum absolute atomic E-state index is 10.8. The molecule has 2 aromatic rings. The van der Waals surface area contributed by atoms with Gasteiger partial charge in [0, 0.05) is 12.1 Å². The predicted octanol–water partition coefficient (Wildman–Crippen LogP) is 2.54. The van der Waals surface area contributed by atoms with E-state index in [9.17, 15) is 10.1 Å². The summed E-state index contributed by atoms with van der Waals surface area (Å²) in [5.74, 6) is 0.482. The minimum atomic E-state index is -0.412. The molecular formula is C11H10N2O3. The van der Waals surface area contributed by atoms with Gasteiger partial charge in [-0.1, -0.05) is 6.07 Å². The highest BCUT2D eigenvalue weighted by Gasteiger charge is 2.11. The smallest absolute Gasteiger partial charge is 0.278 e. The topological polar surface area (TPSA) is 65.3 Å². The molecule has 0 atom stereocenters. The summed E-state index contributed by atoms with van der Waals surface area (Å²) in [6.45, 7) is 2.38. The number of nitro benzene ring substituents is 1. The first-order valence-electron chi connectivity index (χ1n) is 4.89. The van der Waals surface area contributed by atoms with Gasteiger partial charge < -0.3 is 4.74 Å². The van der Waals surface area contributed by atoms with E-state index >= 15 is 0 Å². The van der Waals surface area contributed by atoms with Gasteiger partial charge in [-0.2, -0.15) is 0 Å². The lowest BCUT2D eigenvalue weighted by molar-refractivity contribution is -0.383. The number of pyridine rings is 1. The molecule has 0 aliphatic rings. The molecule has 1 heterocycles. The monoisotopic (exact) mass is 218 g/mol. The van der Waals surface area contributed by atoms with Gasteiger partial charge in [0.25, 0.3) is 5.69 Å². The largest absolute Gasteiger partial charge is 0.478 e. The Morgan fingerprint density at radius 2 is 2.19 bits per heavy atom. The number of benzene rings is 1. The normalized spacial score (nSPS) is 10.3. The van der Waals surface area contributed by atoms with E-state index in [-0.39, 0.29) is 5.69 Å². The average Bonchev–Trinajstić information content (AvgIpc) is 2.28. The zero-order valence-corrected chi connectivity index (χ0v) is 8.71. The van der Waals surface area contributed by atoms with Crippen LogP contribution >= 0.6 is 0 Å². The van der Waals surface area contributed by atoms with Crippen molar-refractivity contribution >= 4 is 16.6 Å². The van der Waals surface area contributed by atoms with Crippen molar-refractivity contribution in [2.24, 2.45) is 0 Å². The molecule has 2 rings (SSSR count). The summed E-state index contributed by atoms with van der Waals surface area (Å²) in [6.07, 6.45) is 0. The Labute approximate surface area is 91.8 Å². The quantitative estimate of drug-likeness (QED) is 0.586. The van der Waals surface area contributed by atoms with Crippen LogP contribution in [-0.4, -0.2) is 16.5 Å². The Morgan fingerprint density at radius 3 is 2.88 bits per heavy atom. The summed E-state index contributed by atoms with van der Waals surface area (Å²) in [4.78, 5) is 14.5. The van der Waals surface area contributed by atoms with Crippen molar-refractivity contribution in [1.29, 1.82) is 0 Å². The summed E-state index contributed by atoms with van der Waals surface area (Å²) in [6, 6.07) is 8.10. The fraction of sp³-hybridized carbons (Fsp3) is 0.182. The number of ether oxygens (including phenoxy) is 1. The van der Waals surface area contributed by atoms with E-state index in [2.05, 4.69) is 4.98 Å². The van der Waals surface area contributed by atoms with E-state index in [0.717, 1.165) is 0 Å². The number of hydrogen-bond donors (Lipinski definition) is 0. The summed E-state index contributed by atoms with van der Waals surface area (Å²) < 4.78 is 5.23. The van der Waals surface area contributed by atoms with Crippen LogP contribution in [0, 0.1) is 10.1 Å². The number of aromatic nitrogens is 1. The molecule has 0 unspecified atom stereocenters. The molecule has 1 aromatic heterocycles. The Morgan fingerprint density at radius 1 is 1.38 bits per heavy atom. The van der Waals surface area contributed by atoms with Crippen LogP contribution in [0.1, 0.15) is 6.92 Å². The zero-order valence-electron chi connectivity index (χ0n) is 8.71. The SMILES string of the molecule is CCOc1ccc2c([N+](=O)[O-])cccc2n1. The van der Waals surface area contributed by atoms with Gasteiger partial charge in [0.15, 0.2) is 0 Å². The molecule has 0 amide bonds. The van der Waals surface area contributed by atoms with E-state index in [1.54, 1.807) is 24.3 Å². The van der Waals surface area contributed by atoms with Crippen molar-refractivity contribution in [2.45, 2.75) is 6.92 Å². The Kier molecular flexibility index (Phi) is 2.68. The highest BCUT2D eigenvalue weighted by Crippen LogP contribution is 2.25. The first-order valence-corrected chi connectivity index (χ1v) is 4.89. The summed E-state index contributed by atoms with van der Waals surface area (Å²) in [5, 5.41) is 11.3. The molecule has 5 nitrogen and oxygen atoms in total. The molecule has 5 heteroatoms. The maximum Gasteiger partial charge on any atom is 0.278 e. The molecule has 82 valence electrons. The Bertz CT molecular complexity index is 540. The highest BCUT2D eigenvalue weighted by molar-refractivity contribution is 5.88. The molecule has 0 fully saturated rings. The van der Waals surface area contributed by atoms with Gasteiger partial charge in [-0.25, -0.2) is 4.98 Å². The average molecular weight is 218 g/mol. The van der Waals surface area contributed by atoms with Gasteiger partial charge >= 0.3 is 0 Å². The number of rotatable bonds is 3. The van der Waals surface area contributed by atoms with Crippen molar-refractivity contribution in [3.05, 3.63) is 40.4 Å². The third kappa shape index (κ3) is 1.79. The van der Waals surface area contributed by atoms with Crippen molar-refractivity contribution in [2.75, 3.05) is 6.61 Å². The molecule has 0 aliphatic heterocycles. The lowest BCUT2D eigenvalue weighted by Gasteiger charge is -2.03. The van der Waals surface area contributed by atoms with Crippen LogP contribution in [-0.2, 0) is 0 Å². The number of fused-ring (bicyclic) bond motifs is 1. The number of nitrogens with zero attached hydrogens (tertiary/aromatic N) is 2. The lowest BCUT2D eigenvalue weighted by atomic mass is 10.2. The molecule has 0 bridgehead atoms. The summed E-state index contributed by atoms with van der Waals surface area (Å²) in [7, 11) is 0. The number of hydrogen-bond acceptors (Lipinski definition) is 4. The standard InChI is InChI=1S/C11H10N2O3/c1-2-16-11-7-6-8-9(12-11)4-3-5-10(8)13(14)15/h3-7H,2H2,1H3. The molecular weight excluding hydrogens is 208 g/mol. The van der Waals surface area contributed by atoms with Gasteiger partial charge in [0.2, 0.25) is 5.88 Å². The number of non-ortho nitro benzene ring substituents is 1. The second-order valence-electron chi connectivity index (χ2n) is 3.18. The van der Waals surface area contributed by atoms with Gasteiger partial charge in [0.05, 0.1) is 22.4 Å². The van der Waals surface area contributed by atoms with Gasteiger partial charge in [-0.05, 0) is 19.1 Å². The zero-order chi connectivity index (χ0) is 11.5. The van der Waals surface area contributed by atoms with Crippen molar-refractivity contribution < 1.29 is 9.66 Å². The van der Waals surface area contributed by atoms with Crippen LogP contribution in [0.4, 0.5) is 5.69 Å². The summed E-state index contributed by atoms with van der Waals surface area (Å²) in [5.41, 5.74) is 0.633. The van der Waals surface area contributed by atoms with E-state index in [1.807, 2.05) is 6.92 Å². The van der Waals surface area contributed by atoms with Crippen LogP contribution in [0.3, 0.4) is 0 Å². The molecule has 0 saturated heterocycles. The van der Waals surface area contributed by atoms with Crippen LogP contribution < -0.4 is 4.74 Å². The van der Waals surface area contributed by atoms with Crippen LogP contribution in [0.5, 0.6) is 5.88 Å². The van der Waals surface area contributed by atoms with E-state index < -0.39 is 4.92 Å². The second kappa shape index (κ2) is 4.14. The molecule has 16 heavy (non-hydrogen) atoms. The van der Waals surface area contributed by atoms with Crippen molar-refractivity contribution in [3.63, 3.8) is 0 Å². The fourth-order valence-corrected chi connectivity index (χ4v) is 1.51. The van der Waals surface area contributed by atoms with Gasteiger partial charge in [0.1, 0.15) is 0 Å². The fourth-order valence-electron chi connectivity index (χ4n) is 1.51. The predicted molar refractivity (Wildman–Crippen MR) is 59.6 cm³/mol. The second-order valence-corrected chi connectivity index (χ2v) is 3.18. The third-order valence-corrected chi connectivity index (χ3v) is 2.17. The Hall–Kier alpha value is -2.17. The number of nitro groups is 1. The minimum absolute atomic E-state index is 0.0630. The van der Waals surface area contributed by atoms with E-state index in [1.165, 1.54) is 6.07 Å². The first-order chi connectivity index (χ1) is 7.72.